The summed E-state index contributed by atoms with van der Waals surface area (Å²) >= 11 is 6.19. The fourth-order valence-corrected chi connectivity index (χ4v) is 7.51. The van der Waals surface area contributed by atoms with Gasteiger partial charge < -0.3 is 19.5 Å². The van der Waals surface area contributed by atoms with Crippen molar-refractivity contribution in [3.8, 4) is 17.2 Å². The number of hydrogen-bond acceptors (Lipinski definition) is 6. The Hall–Kier alpha value is -2.15. The predicted octanol–water partition coefficient (Wildman–Crippen LogP) is 6.32. The lowest BCUT2D eigenvalue weighted by molar-refractivity contribution is -0.0811. The summed E-state index contributed by atoms with van der Waals surface area (Å²) in [4.78, 5) is 5.68. The van der Waals surface area contributed by atoms with Gasteiger partial charge in [-0.05, 0) is 81.1 Å². The lowest BCUT2D eigenvalue weighted by Gasteiger charge is -2.57. The molecule has 0 aromatic heterocycles. The van der Waals surface area contributed by atoms with E-state index in [0.29, 0.717) is 23.3 Å². The number of unbranched alkanes of at least 4 members (excludes halogenated alkanes) is 1. The molecule has 1 N–H and O–H groups in total. The first kappa shape index (κ1) is 27.4. The zero-order valence-corrected chi connectivity index (χ0v) is 24.0. The molecular weight excluding hydrogens is 498 g/mol. The summed E-state index contributed by atoms with van der Waals surface area (Å²) in [5.74, 6) is 3.59. The van der Waals surface area contributed by atoms with Crippen LogP contribution in [0.4, 0.5) is 5.69 Å². The molecule has 3 fully saturated rings. The summed E-state index contributed by atoms with van der Waals surface area (Å²) in [5.41, 5.74) is 2.37. The standard InChI is InChI=1S/C31H44ClN3O3/c1-36-28-18-25(19-29(37-2)31(28)38-3)33-15-5-4-10-27-26-9-7-17-34-16-6-8-23(30(26)34)21-35(27)20-22-11-13-24(32)14-12-22/h11-14,18-19,23,26-27,30,33H,4-10,15-17,20-21H2,1-3H3/t23-,26-,27-,30+/m1/s1. The van der Waals surface area contributed by atoms with E-state index < -0.39 is 0 Å². The number of nitrogens with one attached hydrogen (secondary N) is 1. The van der Waals surface area contributed by atoms with Gasteiger partial charge >= 0.3 is 0 Å². The van der Waals surface area contributed by atoms with Crippen molar-refractivity contribution in [1.29, 1.82) is 0 Å². The van der Waals surface area contributed by atoms with Gasteiger partial charge in [-0.2, -0.15) is 0 Å². The van der Waals surface area contributed by atoms with Gasteiger partial charge in [0.1, 0.15) is 0 Å². The third kappa shape index (κ3) is 6.03. The fraction of sp³-hybridized carbons (Fsp3) is 0.613. The predicted molar refractivity (Wildman–Crippen MR) is 155 cm³/mol. The molecule has 3 heterocycles. The molecule has 2 aromatic rings. The summed E-state index contributed by atoms with van der Waals surface area (Å²) in [6.07, 6.45) is 9.08. The van der Waals surface area contributed by atoms with E-state index in [1.165, 1.54) is 63.7 Å². The maximum atomic E-state index is 6.19. The van der Waals surface area contributed by atoms with E-state index in [2.05, 4.69) is 27.2 Å². The minimum Gasteiger partial charge on any atom is -0.493 e. The molecule has 3 aliphatic heterocycles. The third-order valence-electron chi connectivity index (χ3n) is 9.00. The average Bonchev–Trinajstić information content (AvgIpc) is 2.95. The molecule has 4 atom stereocenters. The van der Waals surface area contributed by atoms with Gasteiger partial charge in [0.2, 0.25) is 5.75 Å². The number of benzene rings is 2. The van der Waals surface area contributed by atoms with Gasteiger partial charge in [0.05, 0.1) is 21.3 Å². The van der Waals surface area contributed by atoms with Crippen molar-refractivity contribution in [2.45, 2.75) is 63.6 Å². The van der Waals surface area contributed by atoms with E-state index in [9.17, 15) is 0 Å². The molecule has 0 amide bonds. The Morgan fingerprint density at radius 3 is 2.32 bits per heavy atom. The van der Waals surface area contributed by atoms with Crippen molar-refractivity contribution in [3.63, 3.8) is 0 Å². The van der Waals surface area contributed by atoms with Gasteiger partial charge in [0.15, 0.2) is 11.5 Å². The molecule has 5 rings (SSSR count). The van der Waals surface area contributed by atoms with Crippen LogP contribution in [-0.4, -0.2) is 69.4 Å². The van der Waals surface area contributed by atoms with Crippen molar-refractivity contribution in [2.24, 2.45) is 11.8 Å². The lowest BCUT2D eigenvalue weighted by Crippen LogP contribution is -2.64. The van der Waals surface area contributed by atoms with Crippen LogP contribution in [0.2, 0.25) is 5.02 Å². The molecule has 3 aliphatic rings. The number of likely N-dealkylation sites (tertiary alicyclic amines) is 1. The third-order valence-corrected chi connectivity index (χ3v) is 9.25. The highest BCUT2D eigenvalue weighted by Gasteiger charge is 2.48. The lowest BCUT2D eigenvalue weighted by atomic mass is 9.69. The maximum Gasteiger partial charge on any atom is 0.203 e. The number of anilines is 1. The molecule has 6 nitrogen and oxygen atoms in total. The quantitative estimate of drug-likeness (QED) is 0.336. The minimum atomic E-state index is 0.626. The second-order valence-electron chi connectivity index (χ2n) is 11.2. The van der Waals surface area contributed by atoms with Gasteiger partial charge in [0.25, 0.3) is 0 Å². The summed E-state index contributed by atoms with van der Waals surface area (Å²) in [7, 11) is 4.95. The molecule has 0 radical (unpaired) electrons. The first-order valence-electron chi connectivity index (χ1n) is 14.4. The van der Waals surface area contributed by atoms with Crippen LogP contribution in [0.5, 0.6) is 17.2 Å². The van der Waals surface area contributed by atoms with Crippen molar-refractivity contribution in [3.05, 3.63) is 47.0 Å². The van der Waals surface area contributed by atoms with Gasteiger partial charge in [-0.3, -0.25) is 9.80 Å². The molecular formula is C31H44ClN3O3. The van der Waals surface area contributed by atoms with Crippen LogP contribution < -0.4 is 19.5 Å². The summed E-state index contributed by atoms with van der Waals surface area (Å²) in [5, 5.41) is 4.40. The zero-order chi connectivity index (χ0) is 26.5. The Morgan fingerprint density at radius 2 is 1.63 bits per heavy atom. The van der Waals surface area contributed by atoms with Crippen LogP contribution in [0.15, 0.2) is 36.4 Å². The highest BCUT2D eigenvalue weighted by Crippen LogP contribution is 2.44. The Labute approximate surface area is 233 Å². The Bertz CT molecular complexity index is 1020. The van der Waals surface area contributed by atoms with Crippen LogP contribution in [0, 0.1) is 11.8 Å². The number of piperidine rings is 3. The van der Waals surface area contributed by atoms with Gasteiger partial charge in [-0.25, -0.2) is 0 Å². The molecule has 7 heteroatoms. The second-order valence-corrected chi connectivity index (χ2v) is 11.6. The van der Waals surface area contributed by atoms with Crippen molar-refractivity contribution in [2.75, 3.05) is 52.8 Å². The first-order valence-corrected chi connectivity index (χ1v) is 14.8. The Kier molecular flexibility index (Phi) is 9.24. The highest BCUT2D eigenvalue weighted by atomic mass is 35.5. The van der Waals surface area contributed by atoms with E-state index in [0.717, 1.165) is 48.1 Å². The molecule has 0 unspecified atom stereocenters. The summed E-state index contributed by atoms with van der Waals surface area (Å²) in [6.45, 7) is 5.80. The number of ether oxygens (including phenoxy) is 3. The monoisotopic (exact) mass is 541 g/mol. The molecule has 0 saturated carbocycles. The van der Waals surface area contributed by atoms with Crippen LogP contribution in [0.1, 0.15) is 50.5 Å². The number of rotatable bonds is 11. The Balaban J connectivity index is 1.23. The largest absolute Gasteiger partial charge is 0.493 e. The summed E-state index contributed by atoms with van der Waals surface area (Å²) in [6, 6.07) is 13.9. The van der Waals surface area contributed by atoms with E-state index >= 15 is 0 Å². The molecule has 0 spiro atoms. The molecule has 0 bridgehead atoms. The molecule has 3 saturated heterocycles. The van der Waals surface area contributed by atoms with E-state index in [4.69, 9.17) is 25.8 Å². The minimum absolute atomic E-state index is 0.626. The van der Waals surface area contributed by atoms with Crippen LogP contribution in [0.3, 0.4) is 0 Å². The number of methoxy groups -OCH3 is 3. The number of hydrogen-bond donors (Lipinski definition) is 1. The van der Waals surface area contributed by atoms with Crippen molar-refractivity contribution in [1.82, 2.24) is 9.80 Å². The number of nitrogens with zero attached hydrogens (tertiary/aromatic N) is 2. The van der Waals surface area contributed by atoms with Crippen LogP contribution in [0.25, 0.3) is 0 Å². The molecule has 38 heavy (non-hydrogen) atoms. The van der Waals surface area contributed by atoms with Gasteiger partial charge in [0, 0.05) is 54.6 Å². The summed E-state index contributed by atoms with van der Waals surface area (Å²) < 4.78 is 16.5. The van der Waals surface area contributed by atoms with Crippen molar-refractivity contribution < 1.29 is 14.2 Å². The fourth-order valence-electron chi connectivity index (χ4n) is 7.38. The van der Waals surface area contributed by atoms with Crippen LogP contribution >= 0.6 is 11.6 Å². The molecule has 2 aromatic carbocycles. The first-order chi connectivity index (χ1) is 18.6. The van der Waals surface area contributed by atoms with Crippen molar-refractivity contribution >= 4 is 17.3 Å². The molecule has 0 aliphatic carbocycles. The smallest absolute Gasteiger partial charge is 0.203 e. The van der Waals surface area contributed by atoms with Gasteiger partial charge in [-0.15, -0.1) is 0 Å². The van der Waals surface area contributed by atoms with Crippen LogP contribution in [-0.2, 0) is 6.54 Å². The Morgan fingerprint density at radius 1 is 0.921 bits per heavy atom. The van der Waals surface area contributed by atoms with Gasteiger partial charge in [-0.1, -0.05) is 30.2 Å². The topological polar surface area (TPSA) is 46.2 Å². The van der Waals surface area contributed by atoms with E-state index in [1.54, 1.807) is 21.3 Å². The SMILES string of the molecule is COc1cc(NCCCC[C@@H]2[C@H]3CCCN4CCC[C@H](CN2Cc2ccc(Cl)cc2)[C@@H]34)cc(OC)c1OC. The maximum absolute atomic E-state index is 6.19. The normalized spacial score (nSPS) is 25.5. The molecule has 208 valence electrons. The van der Waals surface area contributed by atoms with E-state index in [1.807, 2.05) is 24.3 Å². The average molecular weight is 542 g/mol. The second kappa shape index (κ2) is 12.8. The number of halogens is 1. The van der Waals surface area contributed by atoms with E-state index in [-0.39, 0.29) is 0 Å². The zero-order valence-electron chi connectivity index (χ0n) is 23.3. The highest BCUT2D eigenvalue weighted by molar-refractivity contribution is 6.30.